The SMILES string of the molecule is CCC(=O)N1N=C(c2cccc(NS(C)(=O)=O)c2)C[C@H]1c1ccc(C)cc1. The molecule has 0 saturated heterocycles. The summed E-state index contributed by atoms with van der Waals surface area (Å²) in [7, 11) is -3.36. The molecule has 2 aromatic carbocycles. The van der Waals surface area contributed by atoms with E-state index in [1.54, 1.807) is 23.2 Å². The number of sulfonamides is 1. The Bertz CT molecular complexity index is 982. The van der Waals surface area contributed by atoms with Gasteiger partial charge in [0.1, 0.15) is 0 Å². The number of hydrogen-bond acceptors (Lipinski definition) is 4. The summed E-state index contributed by atoms with van der Waals surface area (Å²) in [6, 6.07) is 15.0. The van der Waals surface area contributed by atoms with Crippen LogP contribution in [0.5, 0.6) is 0 Å². The zero-order valence-electron chi connectivity index (χ0n) is 15.6. The summed E-state index contributed by atoms with van der Waals surface area (Å²) in [5.41, 5.74) is 4.23. The van der Waals surface area contributed by atoms with Gasteiger partial charge in [0.2, 0.25) is 15.9 Å². The number of benzene rings is 2. The molecule has 0 aliphatic carbocycles. The Morgan fingerprint density at radius 1 is 1.22 bits per heavy atom. The van der Waals surface area contributed by atoms with Gasteiger partial charge in [-0.2, -0.15) is 5.10 Å². The predicted octanol–water partition coefficient (Wildman–Crippen LogP) is 3.45. The molecular formula is C20H23N3O3S. The Labute approximate surface area is 159 Å². The highest BCUT2D eigenvalue weighted by Crippen LogP contribution is 2.33. The first kappa shape index (κ1) is 19.1. The van der Waals surface area contributed by atoms with Gasteiger partial charge in [-0.1, -0.05) is 48.9 Å². The lowest BCUT2D eigenvalue weighted by atomic mass is 9.97. The highest BCUT2D eigenvalue weighted by atomic mass is 32.2. The first-order valence-electron chi connectivity index (χ1n) is 8.81. The molecule has 142 valence electrons. The van der Waals surface area contributed by atoms with Gasteiger partial charge in [0.05, 0.1) is 18.0 Å². The summed E-state index contributed by atoms with van der Waals surface area (Å²) < 4.78 is 25.4. The van der Waals surface area contributed by atoms with Crippen molar-refractivity contribution >= 4 is 27.3 Å². The van der Waals surface area contributed by atoms with Crippen molar-refractivity contribution in [3.05, 3.63) is 65.2 Å². The van der Waals surface area contributed by atoms with Crippen LogP contribution in [-0.4, -0.2) is 31.3 Å². The Morgan fingerprint density at radius 3 is 2.56 bits per heavy atom. The minimum absolute atomic E-state index is 0.0407. The number of hydrazone groups is 1. The van der Waals surface area contributed by atoms with E-state index < -0.39 is 10.0 Å². The van der Waals surface area contributed by atoms with Crippen LogP contribution in [-0.2, 0) is 14.8 Å². The lowest BCUT2D eigenvalue weighted by molar-refractivity contribution is -0.132. The quantitative estimate of drug-likeness (QED) is 0.856. The third-order valence-electron chi connectivity index (χ3n) is 4.43. The van der Waals surface area contributed by atoms with E-state index in [0.29, 0.717) is 18.5 Å². The van der Waals surface area contributed by atoms with E-state index in [1.807, 2.05) is 44.2 Å². The molecule has 1 amide bonds. The van der Waals surface area contributed by atoms with Gasteiger partial charge in [0, 0.05) is 18.5 Å². The molecule has 27 heavy (non-hydrogen) atoms. The number of carbonyl (C=O) groups excluding carboxylic acids is 1. The summed E-state index contributed by atoms with van der Waals surface area (Å²) in [6.07, 6.45) is 2.06. The molecule has 0 radical (unpaired) electrons. The standard InChI is InChI=1S/C20H23N3O3S/c1-4-20(24)23-19(15-10-8-14(2)9-11-15)13-18(21-23)16-6-5-7-17(12-16)22-27(3,25)26/h5-12,19,22H,4,13H2,1-3H3/t19-/m0/s1. The average molecular weight is 385 g/mol. The Hall–Kier alpha value is -2.67. The maximum absolute atomic E-state index is 12.4. The van der Waals surface area contributed by atoms with Gasteiger partial charge in [-0.3, -0.25) is 9.52 Å². The molecule has 0 unspecified atom stereocenters. The molecule has 3 rings (SSSR count). The molecule has 2 aromatic rings. The van der Waals surface area contributed by atoms with Crippen molar-refractivity contribution in [3.63, 3.8) is 0 Å². The van der Waals surface area contributed by atoms with Crippen LogP contribution in [0.1, 0.15) is 42.5 Å². The average Bonchev–Trinajstić information content (AvgIpc) is 3.06. The van der Waals surface area contributed by atoms with Crippen LogP contribution in [0.2, 0.25) is 0 Å². The molecule has 0 aromatic heterocycles. The Morgan fingerprint density at radius 2 is 1.93 bits per heavy atom. The first-order valence-corrected chi connectivity index (χ1v) is 10.7. The van der Waals surface area contributed by atoms with Crippen molar-refractivity contribution < 1.29 is 13.2 Å². The lowest BCUT2D eigenvalue weighted by Crippen LogP contribution is -2.26. The van der Waals surface area contributed by atoms with E-state index in [1.165, 1.54) is 0 Å². The van der Waals surface area contributed by atoms with Crippen LogP contribution in [0.4, 0.5) is 5.69 Å². The largest absolute Gasteiger partial charge is 0.284 e. The van der Waals surface area contributed by atoms with Gasteiger partial charge < -0.3 is 0 Å². The fourth-order valence-electron chi connectivity index (χ4n) is 3.10. The van der Waals surface area contributed by atoms with E-state index in [9.17, 15) is 13.2 Å². The van der Waals surface area contributed by atoms with Gasteiger partial charge in [-0.25, -0.2) is 13.4 Å². The molecule has 1 N–H and O–H groups in total. The molecule has 0 saturated carbocycles. The summed E-state index contributed by atoms with van der Waals surface area (Å²) >= 11 is 0. The molecule has 0 bridgehead atoms. The highest BCUT2D eigenvalue weighted by molar-refractivity contribution is 7.92. The summed E-state index contributed by atoms with van der Waals surface area (Å²) in [4.78, 5) is 12.4. The van der Waals surface area contributed by atoms with Crippen molar-refractivity contribution in [2.24, 2.45) is 5.10 Å². The van der Waals surface area contributed by atoms with Crippen LogP contribution in [0, 0.1) is 6.92 Å². The van der Waals surface area contributed by atoms with Gasteiger partial charge >= 0.3 is 0 Å². The maximum atomic E-state index is 12.4. The summed E-state index contributed by atoms with van der Waals surface area (Å²) in [5, 5.41) is 6.12. The van der Waals surface area contributed by atoms with Crippen LogP contribution < -0.4 is 4.72 Å². The monoisotopic (exact) mass is 385 g/mol. The van der Waals surface area contributed by atoms with Crippen molar-refractivity contribution in [2.45, 2.75) is 32.7 Å². The molecule has 1 heterocycles. The van der Waals surface area contributed by atoms with E-state index in [2.05, 4.69) is 9.82 Å². The van der Waals surface area contributed by atoms with Crippen LogP contribution in [0.15, 0.2) is 53.6 Å². The molecule has 1 aliphatic rings. The highest BCUT2D eigenvalue weighted by Gasteiger charge is 2.32. The molecular weight excluding hydrogens is 362 g/mol. The summed E-state index contributed by atoms with van der Waals surface area (Å²) in [6.45, 7) is 3.84. The van der Waals surface area contributed by atoms with Crippen molar-refractivity contribution in [1.29, 1.82) is 0 Å². The topological polar surface area (TPSA) is 78.8 Å². The molecule has 0 spiro atoms. The van der Waals surface area contributed by atoms with Gasteiger partial charge in [-0.15, -0.1) is 0 Å². The van der Waals surface area contributed by atoms with Crippen LogP contribution in [0.3, 0.4) is 0 Å². The zero-order chi connectivity index (χ0) is 19.6. The Balaban J connectivity index is 1.93. The fourth-order valence-corrected chi connectivity index (χ4v) is 3.66. The second-order valence-corrected chi connectivity index (χ2v) is 8.47. The molecule has 7 heteroatoms. The maximum Gasteiger partial charge on any atom is 0.242 e. The normalized spacial score (nSPS) is 16.9. The van der Waals surface area contributed by atoms with Crippen molar-refractivity contribution in [1.82, 2.24) is 5.01 Å². The lowest BCUT2D eigenvalue weighted by Gasteiger charge is -2.21. The minimum atomic E-state index is -3.36. The zero-order valence-corrected chi connectivity index (χ0v) is 16.5. The second kappa shape index (κ2) is 7.52. The third kappa shape index (κ3) is 4.54. The van der Waals surface area contributed by atoms with Crippen LogP contribution in [0.25, 0.3) is 0 Å². The number of anilines is 1. The van der Waals surface area contributed by atoms with E-state index in [4.69, 9.17) is 0 Å². The van der Waals surface area contributed by atoms with Gasteiger partial charge in [0.25, 0.3) is 0 Å². The number of nitrogens with zero attached hydrogens (tertiary/aromatic N) is 2. The first-order chi connectivity index (χ1) is 12.8. The van der Waals surface area contributed by atoms with Crippen molar-refractivity contribution in [2.75, 3.05) is 11.0 Å². The van der Waals surface area contributed by atoms with E-state index >= 15 is 0 Å². The number of nitrogens with one attached hydrogen (secondary N) is 1. The third-order valence-corrected chi connectivity index (χ3v) is 5.04. The number of hydrogen-bond donors (Lipinski definition) is 1. The molecule has 1 atom stereocenters. The molecule has 0 fully saturated rings. The number of carbonyl (C=O) groups is 1. The van der Waals surface area contributed by atoms with Gasteiger partial charge in [0.15, 0.2) is 0 Å². The summed E-state index contributed by atoms with van der Waals surface area (Å²) in [5.74, 6) is -0.0407. The fraction of sp³-hybridized carbons (Fsp3) is 0.300. The van der Waals surface area contributed by atoms with Crippen LogP contribution >= 0.6 is 0 Å². The van der Waals surface area contributed by atoms with E-state index in [0.717, 1.165) is 28.7 Å². The Kier molecular flexibility index (Phi) is 5.32. The predicted molar refractivity (Wildman–Crippen MR) is 107 cm³/mol. The number of amides is 1. The second-order valence-electron chi connectivity index (χ2n) is 6.72. The molecule has 6 nitrogen and oxygen atoms in total. The molecule has 1 aliphatic heterocycles. The van der Waals surface area contributed by atoms with Crippen molar-refractivity contribution in [3.8, 4) is 0 Å². The van der Waals surface area contributed by atoms with E-state index in [-0.39, 0.29) is 11.9 Å². The van der Waals surface area contributed by atoms with Gasteiger partial charge in [-0.05, 0) is 30.2 Å². The number of rotatable bonds is 5. The number of aryl methyl sites for hydroxylation is 1. The minimum Gasteiger partial charge on any atom is -0.284 e. The smallest absolute Gasteiger partial charge is 0.242 e.